The smallest absolute Gasteiger partial charge is 0.241 e. The lowest BCUT2D eigenvalue weighted by molar-refractivity contribution is -0.120. The van der Waals surface area contributed by atoms with Crippen LogP contribution in [0.1, 0.15) is 6.92 Å². The second kappa shape index (κ2) is 8.29. The highest BCUT2D eigenvalue weighted by molar-refractivity contribution is 5.94. The highest BCUT2D eigenvalue weighted by atomic mass is 19.1. The molecule has 1 atom stereocenters. The molecule has 2 aromatic rings. The van der Waals surface area contributed by atoms with Crippen LogP contribution in [0.4, 0.5) is 10.1 Å². The van der Waals surface area contributed by atoms with Crippen molar-refractivity contribution in [1.82, 2.24) is 4.90 Å². The van der Waals surface area contributed by atoms with E-state index < -0.39 is 0 Å². The number of halogens is 1. The highest BCUT2D eigenvalue weighted by Crippen LogP contribution is 2.15. The zero-order valence-electron chi connectivity index (χ0n) is 13.3. The zero-order chi connectivity index (χ0) is 16.7. The molecule has 1 amide bonds. The lowest BCUT2D eigenvalue weighted by Gasteiger charge is -2.23. The Balaban J connectivity index is 1.79. The molecule has 0 saturated carbocycles. The van der Waals surface area contributed by atoms with Gasteiger partial charge in [-0.15, -0.1) is 0 Å². The molecule has 2 aromatic carbocycles. The van der Waals surface area contributed by atoms with E-state index in [4.69, 9.17) is 4.74 Å². The molecule has 0 heterocycles. The number of carbonyl (C=O) groups is 1. The molecule has 2 rings (SSSR count). The quantitative estimate of drug-likeness (QED) is 0.853. The molecule has 0 radical (unpaired) electrons. The molecule has 122 valence electrons. The number of hydrogen-bond acceptors (Lipinski definition) is 3. The zero-order valence-corrected chi connectivity index (χ0v) is 13.3. The number of para-hydroxylation sites is 2. The van der Waals surface area contributed by atoms with Gasteiger partial charge in [-0.2, -0.15) is 0 Å². The lowest BCUT2D eigenvalue weighted by Crippen LogP contribution is -2.41. The van der Waals surface area contributed by atoms with Crippen LogP contribution in [0.25, 0.3) is 0 Å². The molecule has 0 saturated heterocycles. The Labute approximate surface area is 135 Å². The van der Waals surface area contributed by atoms with Crippen LogP contribution < -0.4 is 10.1 Å². The summed E-state index contributed by atoms with van der Waals surface area (Å²) < 4.78 is 18.8. The summed E-state index contributed by atoms with van der Waals surface area (Å²) >= 11 is 0. The van der Waals surface area contributed by atoms with Crippen LogP contribution in [0.5, 0.6) is 5.75 Å². The number of nitrogens with zero attached hydrogens (tertiary/aromatic N) is 1. The predicted octanol–water partition coefficient (Wildman–Crippen LogP) is 3.16. The molecule has 0 aliphatic heterocycles. The van der Waals surface area contributed by atoms with Crippen molar-refractivity contribution in [3.05, 3.63) is 60.4 Å². The molecule has 0 spiro atoms. The largest absolute Gasteiger partial charge is 0.489 e. The van der Waals surface area contributed by atoms with Crippen molar-refractivity contribution in [2.45, 2.75) is 13.0 Å². The summed E-state index contributed by atoms with van der Waals surface area (Å²) in [5.74, 6) is -0.253. The van der Waals surface area contributed by atoms with Crippen molar-refractivity contribution < 1.29 is 13.9 Å². The summed E-state index contributed by atoms with van der Waals surface area (Å²) in [7, 11) is 1.83. The van der Waals surface area contributed by atoms with Gasteiger partial charge >= 0.3 is 0 Å². The number of rotatable bonds is 7. The standard InChI is InChI=1S/C18H21FN2O2/c1-14(18(22)20-15-8-4-3-5-9-15)21(2)12-13-23-17-11-7-6-10-16(17)19/h3-11,14H,12-13H2,1-2H3,(H,20,22)/t14-/m1/s1. The highest BCUT2D eigenvalue weighted by Gasteiger charge is 2.18. The van der Waals surface area contributed by atoms with Gasteiger partial charge in [-0.3, -0.25) is 9.69 Å². The van der Waals surface area contributed by atoms with Gasteiger partial charge in [-0.1, -0.05) is 30.3 Å². The minimum absolute atomic E-state index is 0.0930. The molecule has 0 unspecified atom stereocenters. The van der Waals surface area contributed by atoms with E-state index in [9.17, 15) is 9.18 Å². The monoisotopic (exact) mass is 316 g/mol. The van der Waals surface area contributed by atoms with E-state index in [0.717, 1.165) is 5.69 Å². The number of ether oxygens (including phenoxy) is 1. The van der Waals surface area contributed by atoms with E-state index in [0.29, 0.717) is 13.2 Å². The average Bonchev–Trinajstić information content (AvgIpc) is 2.56. The molecule has 0 bridgehead atoms. The van der Waals surface area contributed by atoms with Crippen LogP contribution in [0.2, 0.25) is 0 Å². The third-order valence-electron chi connectivity index (χ3n) is 3.62. The van der Waals surface area contributed by atoms with E-state index in [-0.39, 0.29) is 23.5 Å². The SMILES string of the molecule is C[C@H](C(=O)Nc1ccccc1)N(C)CCOc1ccccc1F. The fourth-order valence-corrected chi connectivity index (χ4v) is 2.02. The molecular formula is C18H21FN2O2. The molecule has 4 nitrogen and oxygen atoms in total. The fraction of sp³-hybridized carbons (Fsp3) is 0.278. The maximum Gasteiger partial charge on any atom is 0.241 e. The Morgan fingerprint density at radius 1 is 1.17 bits per heavy atom. The van der Waals surface area contributed by atoms with Gasteiger partial charge in [0.1, 0.15) is 6.61 Å². The van der Waals surface area contributed by atoms with E-state index in [2.05, 4.69) is 5.32 Å². The molecule has 0 aliphatic carbocycles. The Hall–Kier alpha value is -2.40. The minimum atomic E-state index is -0.384. The van der Waals surface area contributed by atoms with Gasteiger partial charge in [0.2, 0.25) is 5.91 Å². The third-order valence-corrected chi connectivity index (χ3v) is 3.62. The number of likely N-dealkylation sites (N-methyl/N-ethyl adjacent to an activating group) is 1. The Kier molecular flexibility index (Phi) is 6.11. The number of hydrogen-bond donors (Lipinski definition) is 1. The molecule has 0 aliphatic rings. The van der Waals surface area contributed by atoms with E-state index >= 15 is 0 Å². The minimum Gasteiger partial charge on any atom is -0.489 e. The molecule has 23 heavy (non-hydrogen) atoms. The number of anilines is 1. The Morgan fingerprint density at radius 3 is 2.52 bits per heavy atom. The first kappa shape index (κ1) is 17.0. The van der Waals surface area contributed by atoms with E-state index in [1.165, 1.54) is 6.07 Å². The van der Waals surface area contributed by atoms with E-state index in [1.54, 1.807) is 18.2 Å². The first-order valence-corrected chi connectivity index (χ1v) is 7.51. The van der Waals surface area contributed by atoms with Gasteiger partial charge in [0, 0.05) is 12.2 Å². The van der Waals surface area contributed by atoms with Crippen molar-refractivity contribution in [2.75, 3.05) is 25.5 Å². The summed E-state index contributed by atoms with van der Waals surface area (Å²) in [5.41, 5.74) is 0.764. The summed E-state index contributed by atoms with van der Waals surface area (Å²) in [6, 6.07) is 15.3. The molecule has 0 aromatic heterocycles. The van der Waals surface area contributed by atoms with Crippen molar-refractivity contribution in [2.24, 2.45) is 0 Å². The number of nitrogens with one attached hydrogen (secondary N) is 1. The normalized spacial score (nSPS) is 12.0. The van der Waals surface area contributed by atoms with Crippen molar-refractivity contribution in [1.29, 1.82) is 0 Å². The van der Waals surface area contributed by atoms with Gasteiger partial charge < -0.3 is 10.1 Å². The van der Waals surface area contributed by atoms with Gasteiger partial charge in [-0.25, -0.2) is 4.39 Å². The van der Waals surface area contributed by atoms with Crippen molar-refractivity contribution in [3.63, 3.8) is 0 Å². The fourth-order valence-electron chi connectivity index (χ4n) is 2.02. The van der Waals surface area contributed by atoms with Gasteiger partial charge in [0.25, 0.3) is 0 Å². The summed E-state index contributed by atoms with van der Waals surface area (Å²) in [6.45, 7) is 2.64. The Bertz CT molecular complexity index is 634. The van der Waals surface area contributed by atoms with Gasteiger partial charge in [0.15, 0.2) is 11.6 Å². The maximum absolute atomic E-state index is 13.4. The van der Waals surface area contributed by atoms with Gasteiger partial charge in [0.05, 0.1) is 6.04 Å². The molecular weight excluding hydrogens is 295 g/mol. The van der Waals surface area contributed by atoms with Crippen molar-refractivity contribution >= 4 is 11.6 Å². The third kappa shape index (κ3) is 5.07. The van der Waals surface area contributed by atoms with Crippen LogP contribution in [0.15, 0.2) is 54.6 Å². The molecule has 1 N–H and O–H groups in total. The second-order valence-corrected chi connectivity index (χ2v) is 5.29. The van der Waals surface area contributed by atoms with Crippen LogP contribution in [0.3, 0.4) is 0 Å². The average molecular weight is 316 g/mol. The van der Waals surface area contributed by atoms with Crippen LogP contribution in [-0.2, 0) is 4.79 Å². The number of carbonyl (C=O) groups excluding carboxylic acids is 1. The lowest BCUT2D eigenvalue weighted by atomic mass is 10.2. The van der Waals surface area contributed by atoms with Gasteiger partial charge in [-0.05, 0) is 38.2 Å². The first-order valence-electron chi connectivity index (χ1n) is 7.51. The summed E-state index contributed by atoms with van der Waals surface area (Å²) in [6.07, 6.45) is 0. The molecule has 0 fully saturated rings. The summed E-state index contributed by atoms with van der Waals surface area (Å²) in [5, 5.41) is 2.86. The predicted molar refractivity (Wildman–Crippen MR) is 89.1 cm³/mol. The number of benzene rings is 2. The van der Waals surface area contributed by atoms with Crippen LogP contribution in [0, 0.1) is 5.82 Å². The molecule has 5 heteroatoms. The number of amides is 1. The van der Waals surface area contributed by atoms with Crippen LogP contribution in [-0.4, -0.2) is 37.0 Å². The topological polar surface area (TPSA) is 41.6 Å². The first-order chi connectivity index (χ1) is 11.1. The summed E-state index contributed by atoms with van der Waals surface area (Å²) in [4.78, 5) is 14.0. The Morgan fingerprint density at radius 2 is 1.83 bits per heavy atom. The van der Waals surface area contributed by atoms with E-state index in [1.807, 2.05) is 49.2 Å². The maximum atomic E-state index is 13.4. The van der Waals surface area contributed by atoms with Crippen LogP contribution >= 0.6 is 0 Å². The second-order valence-electron chi connectivity index (χ2n) is 5.29. The van der Waals surface area contributed by atoms with Crippen molar-refractivity contribution in [3.8, 4) is 5.75 Å².